The molecule has 3 rings (SSSR count). The Labute approximate surface area is 167 Å². The molecule has 0 radical (unpaired) electrons. The van der Waals surface area contributed by atoms with Crippen LogP contribution in [0.3, 0.4) is 0 Å². The lowest BCUT2D eigenvalue weighted by molar-refractivity contribution is -0.122. The van der Waals surface area contributed by atoms with Crippen LogP contribution in [0.2, 0.25) is 0 Å². The Morgan fingerprint density at radius 2 is 1.78 bits per heavy atom. The summed E-state index contributed by atoms with van der Waals surface area (Å²) >= 11 is 4.12. The number of thioether (sulfide) groups is 1. The van der Waals surface area contributed by atoms with Crippen LogP contribution in [-0.2, 0) is 4.79 Å². The van der Waals surface area contributed by atoms with Crippen molar-refractivity contribution in [1.29, 1.82) is 0 Å². The van der Waals surface area contributed by atoms with Crippen molar-refractivity contribution >= 4 is 50.8 Å². The minimum atomic E-state index is -0.424. The maximum atomic E-state index is 13.0. The zero-order chi connectivity index (χ0) is 19.4. The standard InChI is InChI=1S/C19H14BrFN2O3S/c20-14-5-3-13(4-6-14)17(24)22-9-10-23-18(25)16(27-19(23)26)11-12-1-7-15(21)8-2-12/h1-8,11H,9-10H2,(H,22,24)/b16-11-. The molecule has 0 bridgehead atoms. The van der Waals surface area contributed by atoms with Crippen molar-refractivity contribution in [2.45, 2.75) is 0 Å². The molecule has 1 fully saturated rings. The first kappa shape index (κ1) is 19.3. The van der Waals surface area contributed by atoms with Crippen LogP contribution in [0.15, 0.2) is 57.9 Å². The molecule has 0 aliphatic carbocycles. The molecule has 0 unspecified atom stereocenters. The minimum Gasteiger partial charge on any atom is -0.350 e. The van der Waals surface area contributed by atoms with Gasteiger partial charge < -0.3 is 5.32 Å². The molecule has 27 heavy (non-hydrogen) atoms. The van der Waals surface area contributed by atoms with Crippen molar-refractivity contribution in [3.05, 3.63) is 74.9 Å². The smallest absolute Gasteiger partial charge is 0.293 e. The molecule has 2 aromatic rings. The lowest BCUT2D eigenvalue weighted by Crippen LogP contribution is -2.37. The number of hydrogen-bond acceptors (Lipinski definition) is 4. The normalized spacial score (nSPS) is 15.5. The van der Waals surface area contributed by atoms with Crippen molar-refractivity contribution < 1.29 is 18.8 Å². The predicted molar refractivity (Wildman–Crippen MR) is 106 cm³/mol. The molecule has 1 N–H and O–H groups in total. The lowest BCUT2D eigenvalue weighted by atomic mass is 10.2. The monoisotopic (exact) mass is 448 g/mol. The van der Waals surface area contributed by atoms with Gasteiger partial charge in [-0.15, -0.1) is 0 Å². The highest BCUT2D eigenvalue weighted by molar-refractivity contribution is 9.10. The van der Waals surface area contributed by atoms with Gasteiger partial charge in [-0.1, -0.05) is 28.1 Å². The number of nitrogens with zero attached hydrogens (tertiary/aromatic N) is 1. The number of carbonyl (C=O) groups excluding carboxylic acids is 3. The molecule has 1 saturated heterocycles. The third-order valence-electron chi connectivity index (χ3n) is 3.77. The van der Waals surface area contributed by atoms with E-state index in [0.29, 0.717) is 11.1 Å². The van der Waals surface area contributed by atoms with Gasteiger partial charge in [0.25, 0.3) is 17.1 Å². The quantitative estimate of drug-likeness (QED) is 0.700. The summed E-state index contributed by atoms with van der Waals surface area (Å²) < 4.78 is 13.8. The second-order valence-corrected chi connectivity index (χ2v) is 7.56. The number of nitrogens with one attached hydrogen (secondary N) is 1. The number of rotatable bonds is 5. The van der Waals surface area contributed by atoms with Crippen LogP contribution in [0.25, 0.3) is 6.08 Å². The van der Waals surface area contributed by atoms with Crippen LogP contribution < -0.4 is 5.32 Å². The third-order valence-corrected chi connectivity index (χ3v) is 5.20. The van der Waals surface area contributed by atoms with Crippen LogP contribution in [0.4, 0.5) is 9.18 Å². The number of benzene rings is 2. The maximum Gasteiger partial charge on any atom is 0.293 e. The van der Waals surface area contributed by atoms with Gasteiger partial charge in [0.15, 0.2) is 0 Å². The fourth-order valence-corrected chi connectivity index (χ4v) is 3.52. The minimum absolute atomic E-state index is 0.0771. The second-order valence-electron chi connectivity index (χ2n) is 5.65. The highest BCUT2D eigenvalue weighted by Gasteiger charge is 2.34. The molecule has 1 heterocycles. The van der Waals surface area contributed by atoms with Crippen LogP contribution >= 0.6 is 27.7 Å². The highest BCUT2D eigenvalue weighted by atomic mass is 79.9. The molecular weight excluding hydrogens is 435 g/mol. The predicted octanol–water partition coefficient (Wildman–Crippen LogP) is 4.05. The van der Waals surface area contributed by atoms with E-state index in [0.717, 1.165) is 21.1 Å². The Bertz CT molecular complexity index is 914. The largest absolute Gasteiger partial charge is 0.350 e. The summed E-state index contributed by atoms with van der Waals surface area (Å²) in [5, 5.41) is 2.29. The van der Waals surface area contributed by atoms with E-state index in [2.05, 4.69) is 21.2 Å². The molecule has 1 aliphatic heterocycles. The van der Waals surface area contributed by atoms with Crippen molar-refractivity contribution in [1.82, 2.24) is 10.2 Å². The first-order valence-corrected chi connectivity index (χ1v) is 9.60. The van der Waals surface area contributed by atoms with Gasteiger partial charge in [0, 0.05) is 23.1 Å². The molecule has 138 valence electrons. The van der Waals surface area contributed by atoms with Crippen LogP contribution in [-0.4, -0.2) is 35.0 Å². The average Bonchev–Trinajstić information content (AvgIpc) is 2.91. The van der Waals surface area contributed by atoms with E-state index >= 15 is 0 Å². The number of imide groups is 1. The molecule has 0 atom stereocenters. The molecule has 1 aliphatic rings. The van der Waals surface area contributed by atoms with Gasteiger partial charge in [0.1, 0.15) is 5.82 Å². The average molecular weight is 449 g/mol. The van der Waals surface area contributed by atoms with Crippen molar-refractivity contribution in [3.8, 4) is 0 Å². The van der Waals surface area contributed by atoms with E-state index in [9.17, 15) is 18.8 Å². The summed E-state index contributed by atoms with van der Waals surface area (Å²) in [6, 6.07) is 12.5. The topological polar surface area (TPSA) is 66.5 Å². The fraction of sp³-hybridized carbons (Fsp3) is 0.105. The van der Waals surface area contributed by atoms with Gasteiger partial charge in [-0.3, -0.25) is 19.3 Å². The van der Waals surface area contributed by atoms with Crippen molar-refractivity contribution in [2.75, 3.05) is 13.1 Å². The third kappa shape index (κ3) is 4.84. The van der Waals surface area contributed by atoms with Crippen LogP contribution in [0.5, 0.6) is 0 Å². The van der Waals surface area contributed by atoms with Gasteiger partial charge >= 0.3 is 0 Å². The summed E-state index contributed by atoms with van der Waals surface area (Å²) in [6.45, 7) is 0.227. The molecule has 8 heteroatoms. The molecule has 3 amide bonds. The first-order valence-electron chi connectivity index (χ1n) is 7.99. The van der Waals surface area contributed by atoms with E-state index in [-0.39, 0.29) is 29.7 Å². The van der Waals surface area contributed by atoms with Crippen molar-refractivity contribution in [2.24, 2.45) is 0 Å². The molecule has 2 aromatic carbocycles. The Morgan fingerprint density at radius 3 is 2.44 bits per heavy atom. The Morgan fingerprint density at radius 1 is 1.11 bits per heavy atom. The number of carbonyl (C=O) groups is 3. The number of amides is 3. The Balaban J connectivity index is 1.58. The van der Waals surface area contributed by atoms with E-state index in [1.54, 1.807) is 30.3 Å². The van der Waals surface area contributed by atoms with Gasteiger partial charge in [-0.2, -0.15) is 0 Å². The van der Waals surface area contributed by atoms with E-state index in [4.69, 9.17) is 0 Å². The summed E-state index contributed by atoms with van der Waals surface area (Å²) in [5.74, 6) is -1.08. The summed E-state index contributed by atoms with van der Waals surface area (Å²) in [4.78, 5) is 37.9. The van der Waals surface area contributed by atoms with E-state index in [1.165, 1.54) is 24.3 Å². The van der Waals surface area contributed by atoms with Gasteiger partial charge in [-0.05, 0) is 59.8 Å². The van der Waals surface area contributed by atoms with Gasteiger partial charge in [-0.25, -0.2) is 4.39 Å². The summed E-state index contributed by atoms with van der Waals surface area (Å²) in [6.07, 6.45) is 1.55. The second kappa shape index (κ2) is 8.49. The molecular formula is C19H14BrFN2O3S. The Hall–Kier alpha value is -2.45. The zero-order valence-electron chi connectivity index (χ0n) is 13.9. The number of halogens is 2. The van der Waals surface area contributed by atoms with Gasteiger partial charge in [0.05, 0.1) is 4.91 Å². The summed E-state index contributed by atoms with van der Waals surface area (Å²) in [5.41, 5.74) is 1.12. The first-order chi connectivity index (χ1) is 12.9. The van der Waals surface area contributed by atoms with Crippen molar-refractivity contribution in [3.63, 3.8) is 0 Å². The molecule has 0 saturated carbocycles. The van der Waals surface area contributed by atoms with Crippen LogP contribution in [0, 0.1) is 5.82 Å². The van der Waals surface area contributed by atoms with E-state index < -0.39 is 11.1 Å². The molecule has 5 nitrogen and oxygen atoms in total. The lowest BCUT2D eigenvalue weighted by Gasteiger charge is -2.13. The van der Waals surface area contributed by atoms with Gasteiger partial charge in [0.2, 0.25) is 0 Å². The number of hydrogen-bond donors (Lipinski definition) is 1. The van der Waals surface area contributed by atoms with E-state index in [1.807, 2.05) is 0 Å². The molecule has 0 aromatic heterocycles. The highest BCUT2D eigenvalue weighted by Crippen LogP contribution is 2.31. The maximum absolute atomic E-state index is 13.0. The Kier molecular flexibility index (Phi) is 6.08. The molecule has 0 spiro atoms. The van der Waals surface area contributed by atoms with Crippen LogP contribution in [0.1, 0.15) is 15.9 Å². The summed E-state index contributed by atoms with van der Waals surface area (Å²) in [7, 11) is 0. The zero-order valence-corrected chi connectivity index (χ0v) is 16.3. The fourth-order valence-electron chi connectivity index (χ4n) is 2.39. The SMILES string of the molecule is O=C(NCCN1C(=O)S/C(=C\c2ccc(F)cc2)C1=O)c1ccc(Br)cc1.